The Balaban J connectivity index is 1.54. The minimum atomic E-state index is -0.117. The number of carbonyl (C=O) groups is 2. The van der Waals surface area contributed by atoms with E-state index in [1.54, 1.807) is 35.4 Å². The maximum absolute atomic E-state index is 12.5. The second-order valence-electron chi connectivity index (χ2n) is 6.89. The highest BCUT2D eigenvalue weighted by Gasteiger charge is 2.22. The molecule has 2 amide bonds. The smallest absolute Gasteiger partial charge is 0.254 e. The Labute approximate surface area is 174 Å². The van der Waals surface area contributed by atoms with Gasteiger partial charge in [-0.1, -0.05) is 12.1 Å². The van der Waals surface area contributed by atoms with Crippen LogP contribution >= 0.6 is 11.3 Å². The number of piperazine rings is 1. The van der Waals surface area contributed by atoms with Gasteiger partial charge in [-0.25, -0.2) is 4.98 Å². The predicted octanol–water partition coefficient (Wildman–Crippen LogP) is 1.23. The molecule has 1 aliphatic rings. The van der Waals surface area contributed by atoms with E-state index in [1.807, 2.05) is 31.0 Å². The van der Waals surface area contributed by atoms with Crippen molar-refractivity contribution in [2.75, 3.05) is 33.7 Å². The highest BCUT2D eigenvalue weighted by atomic mass is 32.1. The van der Waals surface area contributed by atoms with E-state index in [0.717, 1.165) is 22.2 Å². The molecule has 0 saturated carbocycles. The molecule has 1 aliphatic heterocycles. The van der Waals surface area contributed by atoms with Gasteiger partial charge in [-0.2, -0.15) is 0 Å². The zero-order valence-corrected chi connectivity index (χ0v) is 17.8. The molecule has 1 saturated heterocycles. The van der Waals surface area contributed by atoms with Gasteiger partial charge in [-0.3, -0.25) is 14.6 Å². The fraction of sp³-hybridized carbons (Fsp3) is 0.400. The van der Waals surface area contributed by atoms with Crippen molar-refractivity contribution in [1.29, 1.82) is 0 Å². The highest BCUT2D eigenvalue weighted by molar-refractivity contribution is 7.09. The number of aromatic nitrogens is 1. The monoisotopic (exact) mass is 414 g/mol. The number of aliphatic imine (C=N–C) groups is 1. The van der Waals surface area contributed by atoms with Crippen molar-refractivity contribution in [1.82, 2.24) is 25.4 Å². The largest absolute Gasteiger partial charge is 0.353 e. The number of benzene rings is 1. The lowest BCUT2D eigenvalue weighted by Crippen LogP contribution is -2.49. The summed E-state index contributed by atoms with van der Waals surface area (Å²) in [5.74, 6) is 0.539. The first-order valence-electron chi connectivity index (χ1n) is 9.44. The second-order valence-corrected chi connectivity index (χ2v) is 7.95. The SMILES string of the molecule is CN=C(NCc1ccc(C(=O)N2CCNC(=O)C2)cc1)N(C)Cc1csc(C)n1. The molecule has 0 aliphatic carbocycles. The Morgan fingerprint density at radius 3 is 2.76 bits per heavy atom. The van der Waals surface area contributed by atoms with Crippen molar-refractivity contribution in [3.05, 3.63) is 51.5 Å². The van der Waals surface area contributed by atoms with E-state index >= 15 is 0 Å². The van der Waals surface area contributed by atoms with E-state index in [-0.39, 0.29) is 18.4 Å². The number of hydrogen-bond acceptors (Lipinski definition) is 5. The lowest BCUT2D eigenvalue weighted by atomic mass is 10.1. The minimum absolute atomic E-state index is 0.114. The Morgan fingerprint density at radius 2 is 2.14 bits per heavy atom. The molecule has 2 N–H and O–H groups in total. The van der Waals surface area contributed by atoms with Gasteiger partial charge in [0, 0.05) is 44.7 Å². The quantitative estimate of drug-likeness (QED) is 0.567. The van der Waals surface area contributed by atoms with Gasteiger partial charge in [-0.15, -0.1) is 11.3 Å². The van der Waals surface area contributed by atoms with Crippen LogP contribution in [0.25, 0.3) is 0 Å². The Bertz CT molecular complexity index is 893. The molecular weight excluding hydrogens is 388 g/mol. The van der Waals surface area contributed by atoms with Crippen molar-refractivity contribution in [2.45, 2.75) is 20.0 Å². The summed E-state index contributed by atoms with van der Waals surface area (Å²) in [7, 11) is 3.72. The fourth-order valence-corrected chi connectivity index (χ4v) is 3.73. The van der Waals surface area contributed by atoms with Gasteiger partial charge in [-0.05, 0) is 24.6 Å². The number of rotatable bonds is 5. The third-order valence-electron chi connectivity index (χ3n) is 4.62. The molecular formula is C20H26N6O2S. The average Bonchev–Trinajstić information content (AvgIpc) is 3.13. The molecule has 1 fully saturated rings. The number of nitrogens with zero attached hydrogens (tertiary/aromatic N) is 4. The molecule has 0 spiro atoms. The van der Waals surface area contributed by atoms with Gasteiger partial charge in [0.2, 0.25) is 5.91 Å². The average molecular weight is 415 g/mol. The number of aryl methyl sites for hydroxylation is 1. The third-order valence-corrected chi connectivity index (χ3v) is 5.44. The minimum Gasteiger partial charge on any atom is -0.353 e. The zero-order chi connectivity index (χ0) is 20.8. The molecule has 0 atom stereocenters. The molecule has 0 unspecified atom stereocenters. The second kappa shape index (κ2) is 9.51. The van der Waals surface area contributed by atoms with Crippen LogP contribution in [-0.2, 0) is 17.9 Å². The lowest BCUT2D eigenvalue weighted by Gasteiger charge is -2.26. The Hall–Kier alpha value is -2.94. The standard InChI is InChI=1S/C20H26N6O2S/c1-14-24-17(13-29-14)11-25(3)20(21-2)23-10-15-4-6-16(7-5-15)19(28)26-9-8-22-18(27)12-26/h4-7,13H,8-12H2,1-3H3,(H,21,23)(H,22,27). The number of amides is 2. The highest BCUT2D eigenvalue weighted by Crippen LogP contribution is 2.11. The molecule has 0 bridgehead atoms. The summed E-state index contributed by atoms with van der Waals surface area (Å²) < 4.78 is 0. The summed E-state index contributed by atoms with van der Waals surface area (Å²) in [6, 6.07) is 7.44. The van der Waals surface area contributed by atoms with Crippen LogP contribution in [0.3, 0.4) is 0 Å². The Morgan fingerprint density at radius 1 is 1.38 bits per heavy atom. The summed E-state index contributed by atoms with van der Waals surface area (Å²) in [5, 5.41) is 9.17. The van der Waals surface area contributed by atoms with Crippen molar-refractivity contribution >= 4 is 29.1 Å². The lowest BCUT2D eigenvalue weighted by molar-refractivity contribution is -0.123. The van der Waals surface area contributed by atoms with Crippen LogP contribution < -0.4 is 10.6 Å². The number of carbonyl (C=O) groups excluding carboxylic acids is 2. The molecule has 2 aromatic rings. The maximum Gasteiger partial charge on any atom is 0.254 e. The van der Waals surface area contributed by atoms with Gasteiger partial charge in [0.05, 0.1) is 23.8 Å². The summed E-state index contributed by atoms with van der Waals surface area (Å²) >= 11 is 1.64. The van der Waals surface area contributed by atoms with Gasteiger partial charge in [0.15, 0.2) is 5.96 Å². The molecule has 3 rings (SSSR count). The van der Waals surface area contributed by atoms with Crippen LogP contribution in [0.15, 0.2) is 34.6 Å². The van der Waals surface area contributed by atoms with Crippen LogP contribution in [0, 0.1) is 6.92 Å². The van der Waals surface area contributed by atoms with E-state index in [4.69, 9.17) is 0 Å². The van der Waals surface area contributed by atoms with Crippen molar-refractivity contribution in [2.24, 2.45) is 4.99 Å². The Kier molecular flexibility index (Phi) is 6.82. The predicted molar refractivity (Wildman–Crippen MR) is 114 cm³/mol. The van der Waals surface area contributed by atoms with Crippen molar-refractivity contribution in [3.63, 3.8) is 0 Å². The molecule has 1 aromatic carbocycles. The van der Waals surface area contributed by atoms with Crippen LogP contribution in [0.5, 0.6) is 0 Å². The van der Waals surface area contributed by atoms with E-state index in [9.17, 15) is 9.59 Å². The topological polar surface area (TPSA) is 89.9 Å². The molecule has 9 heteroatoms. The molecule has 2 heterocycles. The number of thiazole rings is 1. The number of hydrogen-bond donors (Lipinski definition) is 2. The molecule has 154 valence electrons. The van der Waals surface area contributed by atoms with E-state index in [2.05, 4.69) is 26.0 Å². The fourth-order valence-electron chi connectivity index (χ4n) is 3.12. The van der Waals surface area contributed by atoms with Crippen molar-refractivity contribution in [3.8, 4) is 0 Å². The summed E-state index contributed by atoms with van der Waals surface area (Å²) in [4.78, 5) is 36.4. The van der Waals surface area contributed by atoms with Gasteiger partial charge in [0.1, 0.15) is 0 Å². The molecule has 0 radical (unpaired) electrons. The summed E-state index contributed by atoms with van der Waals surface area (Å²) in [6.07, 6.45) is 0. The molecule has 1 aromatic heterocycles. The number of nitrogens with one attached hydrogen (secondary N) is 2. The molecule has 8 nitrogen and oxygen atoms in total. The van der Waals surface area contributed by atoms with Crippen LogP contribution in [0.1, 0.15) is 26.6 Å². The maximum atomic E-state index is 12.5. The first kappa shape index (κ1) is 20.8. The summed E-state index contributed by atoms with van der Waals surface area (Å²) in [5.41, 5.74) is 2.65. The van der Waals surface area contributed by atoms with Crippen LogP contribution in [-0.4, -0.2) is 66.3 Å². The normalized spacial score (nSPS) is 14.5. The van der Waals surface area contributed by atoms with Gasteiger partial charge < -0.3 is 20.4 Å². The summed E-state index contributed by atoms with van der Waals surface area (Å²) in [6.45, 7) is 4.42. The molecule has 29 heavy (non-hydrogen) atoms. The van der Waals surface area contributed by atoms with E-state index in [0.29, 0.717) is 31.7 Å². The first-order valence-corrected chi connectivity index (χ1v) is 10.3. The number of guanidine groups is 1. The van der Waals surface area contributed by atoms with Gasteiger partial charge >= 0.3 is 0 Å². The van der Waals surface area contributed by atoms with Gasteiger partial charge in [0.25, 0.3) is 5.91 Å². The van der Waals surface area contributed by atoms with Crippen molar-refractivity contribution < 1.29 is 9.59 Å². The van der Waals surface area contributed by atoms with E-state index in [1.165, 1.54) is 0 Å². The third kappa shape index (κ3) is 5.54. The van der Waals surface area contributed by atoms with Crippen LogP contribution in [0.4, 0.5) is 0 Å². The van der Waals surface area contributed by atoms with E-state index < -0.39 is 0 Å². The first-order chi connectivity index (χ1) is 14.0. The van der Waals surface area contributed by atoms with Crippen LogP contribution in [0.2, 0.25) is 0 Å². The zero-order valence-electron chi connectivity index (χ0n) is 16.9.